The third kappa shape index (κ3) is 3.55. The average molecular weight is 365 g/mol. The first-order chi connectivity index (χ1) is 13.3. The molecule has 4 rings (SSSR count). The molecule has 0 unspecified atom stereocenters. The molecule has 0 spiro atoms. The lowest BCUT2D eigenvalue weighted by molar-refractivity contribution is 0.153. The number of urea groups is 1. The number of H-pyrrole nitrogens is 1. The SMILES string of the molecule is CC[C@H]1c2cccn2CCN1C(=O)NCCc1nc(-c2cccnc2)n[nH]1. The van der Waals surface area contributed by atoms with Crippen molar-refractivity contribution in [3.63, 3.8) is 0 Å². The number of hydrogen-bond donors (Lipinski definition) is 2. The Hall–Kier alpha value is -3.16. The van der Waals surface area contributed by atoms with Crippen LogP contribution in [0.25, 0.3) is 11.4 Å². The van der Waals surface area contributed by atoms with Gasteiger partial charge in [-0.2, -0.15) is 5.10 Å². The molecule has 1 atom stereocenters. The van der Waals surface area contributed by atoms with E-state index in [1.54, 1.807) is 12.4 Å². The minimum atomic E-state index is -0.0266. The van der Waals surface area contributed by atoms with Crippen LogP contribution in [0.2, 0.25) is 0 Å². The number of fused-ring (bicyclic) bond motifs is 1. The van der Waals surface area contributed by atoms with Crippen molar-refractivity contribution in [1.82, 2.24) is 34.9 Å². The molecule has 2 N–H and O–H groups in total. The summed E-state index contributed by atoms with van der Waals surface area (Å²) in [6.45, 7) is 4.18. The molecule has 3 aromatic heterocycles. The molecule has 140 valence electrons. The monoisotopic (exact) mass is 365 g/mol. The smallest absolute Gasteiger partial charge is 0.318 e. The maximum atomic E-state index is 12.7. The van der Waals surface area contributed by atoms with Crippen molar-refractivity contribution >= 4 is 6.03 Å². The van der Waals surface area contributed by atoms with Crippen LogP contribution in [0.3, 0.4) is 0 Å². The molecule has 1 aliphatic rings. The van der Waals surface area contributed by atoms with E-state index in [0.29, 0.717) is 18.8 Å². The third-order valence-corrected chi connectivity index (χ3v) is 4.90. The van der Waals surface area contributed by atoms with Gasteiger partial charge >= 0.3 is 6.03 Å². The highest BCUT2D eigenvalue weighted by atomic mass is 16.2. The summed E-state index contributed by atoms with van der Waals surface area (Å²) >= 11 is 0. The number of pyridine rings is 1. The average Bonchev–Trinajstić information content (AvgIpc) is 3.37. The second-order valence-corrected chi connectivity index (χ2v) is 6.57. The number of carbonyl (C=O) groups excluding carboxylic acids is 1. The van der Waals surface area contributed by atoms with Crippen molar-refractivity contribution in [3.05, 3.63) is 54.4 Å². The Labute approximate surface area is 157 Å². The number of aromatic nitrogens is 5. The summed E-state index contributed by atoms with van der Waals surface area (Å²) in [7, 11) is 0. The molecule has 8 heteroatoms. The number of amides is 2. The number of nitrogens with one attached hydrogen (secondary N) is 2. The van der Waals surface area contributed by atoms with Gasteiger partial charge in [0.25, 0.3) is 0 Å². The van der Waals surface area contributed by atoms with E-state index in [1.807, 2.05) is 23.1 Å². The summed E-state index contributed by atoms with van der Waals surface area (Å²) < 4.78 is 2.23. The van der Waals surface area contributed by atoms with Crippen molar-refractivity contribution < 1.29 is 4.79 Å². The Balaban J connectivity index is 1.33. The first-order valence-electron chi connectivity index (χ1n) is 9.27. The summed E-state index contributed by atoms with van der Waals surface area (Å²) in [6.07, 6.45) is 7.02. The molecule has 0 saturated carbocycles. The van der Waals surface area contributed by atoms with Gasteiger partial charge in [0.1, 0.15) is 5.82 Å². The van der Waals surface area contributed by atoms with E-state index in [0.717, 1.165) is 30.9 Å². The minimum Gasteiger partial charge on any atom is -0.348 e. The van der Waals surface area contributed by atoms with E-state index >= 15 is 0 Å². The maximum Gasteiger partial charge on any atom is 0.318 e. The summed E-state index contributed by atoms with van der Waals surface area (Å²) in [6, 6.07) is 8.01. The fraction of sp³-hybridized carbons (Fsp3) is 0.368. The third-order valence-electron chi connectivity index (χ3n) is 4.90. The standard InChI is InChI=1S/C19H23N7O/c1-2-15-16-6-4-10-25(16)11-12-26(15)19(27)21-9-7-17-22-18(24-23-17)14-5-3-8-20-13-14/h3-6,8,10,13,15H,2,7,9,11-12H2,1H3,(H,21,27)(H,22,23,24)/t15-/m0/s1. The van der Waals surface area contributed by atoms with Gasteiger partial charge < -0.3 is 14.8 Å². The summed E-state index contributed by atoms with van der Waals surface area (Å²) in [5, 5.41) is 10.2. The molecule has 1 aliphatic heterocycles. The first kappa shape index (κ1) is 17.3. The zero-order valence-corrected chi connectivity index (χ0v) is 15.3. The molecular weight excluding hydrogens is 342 g/mol. The lowest BCUT2D eigenvalue weighted by atomic mass is 10.1. The van der Waals surface area contributed by atoms with Crippen LogP contribution >= 0.6 is 0 Å². The number of nitrogens with zero attached hydrogens (tertiary/aromatic N) is 5. The van der Waals surface area contributed by atoms with E-state index in [-0.39, 0.29) is 12.1 Å². The summed E-state index contributed by atoms with van der Waals surface area (Å²) in [4.78, 5) is 23.1. The zero-order valence-electron chi connectivity index (χ0n) is 15.3. The molecule has 0 bridgehead atoms. The van der Waals surface area contributed by atoms with Crippen molar-refractivity contribution in [1.29, 1.82) is 0 Å². The lowest BCUT2D eigenvalue weighted by Gasteiger charge is -2.36. The van der Waals surface area contributed by atoms with Crippen LogP contribution in [0.4, 0.5) is 4.79 Å². The lowest BCUT2D eigenvalue weighted by Crippen LogP contribution is -2.47. The van der Waals surface area contributed by atoms with Crippen LogP contribution in [0.15, 0.2) is 42.9 Å². The molecule has 27 heavy (non-hydrogen) atoms. The fourth-order valence-corrected chi connectivity index (χ4v) is 3.56. The van der Waals surface area contributed by atoms with Crippen molar-refractivity contribution in [2.24, 2.45) is 0 Å². The fourth-order valence-electron chi connectivity index (χ4n) is 3.56. The second kappa shape index (κ2) is 7.61. The Morgan fingerprint density at radius 1 is 1.33 bits per heavy atom. The van der Waals surface area contributed by atoms with E-state index in [2.05, 4.69) is 49.2 Å². The van der Waals surface area contributed by atoms with Gasteiger partial charge in [-0.1, -0.05) is 6.92 Å². The number of carbonyl (C=O) groups is 1. The van der Waals surface area contributed by atoms with Crippen LogP contribution < -0.4 is 5.32 Å². The van der Waals surface area contributed by atoms with Gasteiger partial charge in [0, 0.05) is 55.9 Å². The number of hydrogen-bond acceptors (Lipinski definition) is 4. The van der Waals surface area contributed by atoms with Gasteiger partial charge in [0.05, 0.1) is 6.04 Å². The molecule has 0 fully saturated rings. The largest absolute Gasteiger partial charge is 0.348 e. The molecule has 0 radical (unpaired) electrons. The topological polar surface area (TPSA) is 91.7 Å². The molecule has 0 saturated heterocycles. The molecular formula is C19H23N7O. The molecule has 8 nitrogen and oxygen atoms in total. The van der Waals surface area contributed by atoms with Crippen molar-refractivity contribution in [2.45, 2.75) is 32.4 Å². The molecule has 4 heterocycles. The predicted molar refractivity (Wildman–Crippen MR) is 101 cm³/mol. The van der Waals surface area contributed by atoms with E-state index in [4.69, 9.17) is 0 Å². The highest BCUT2D eigenvalue weighted by Crippen LogP contribution is 2.28. The van der Waals surface area contributed by atoms with Crippen LogP contribution in [-0.2, 0) is 13.0 Å². The Morgan fingerprint density at radius 2 is 2.26 bits per heavy atom. The van der Waals surface area contributed by atoms with Crippen LogP contribution in [-0.4, -0.2) is 48.8 Å². The second-order valence-electron chi connectivity index (χ2n) is 6.57. The maximum absolute atomic E-state index is 12.7. The highest BCUT2D eigenvalue weighted by Gasteiger charge is 2.29. The highest BCUT2D eigenvalue weighted by molar-refractivity contribution is 5.74. The van der Waals surface area contributed by atoms with Gasteiger partial charge in [-0.15, -0.1) is 0 Å². The van der Waals surface area contributed by atoms with E-state index in [1.165, 1.54) is 5.69 Å². The quantitative estimate of drug-likeness (QED) is 0.726. The summed E-state index contributed by atoms with van der Waals surface area (Å²) in [5.74, 6) is 1.36. The molecule has 3 aromatic rings. The van der Waals surface area contributed by atoms with E-state index < -0.39 is 0 Å². The van der Waals surface area contributed by atoms with Crippen molar-refractivity contribution in [2.75, 3.05) is 13.1 Å². The van der Waals surface area contributed by atoms with Gasteiger partial charge in [-0.3, -0.25) is 10.1 Å². The number of aromatic amines is 1. The Morgan fingerprint density at radius 3 is 3.07 bits per heavy atom. The normalized spacial score (nSPS) is 16.2. The van der Waals surface area contributed by atoms with Gasteiger partial charge in [0.15, 0.2) is 5.82 Å². The van der Waals surface area contributed by atoms with Crippen LogP contribution in [0.5, 0.6) is 0 Å². The molecule has 0 aliphatic carbocycles. The van der Waals surface area contributed by atoms with Gasteiger partial charge in [0.2, 0.25) is 0 Å². The summed E-state index contributed by atoms with van der Waals surface area (Å²) in [5.41, 5.74) is 2.07. The Bertz CT molecular complexity index is 902. The van der Waals surface area contributed by atoms with Crippen LogP contribution in [0, 0.1) is 0 Å². The zero-order chi connectivity index (χ0) is 18.6. The molecule has 2 amide bonds. The van der Waals surface area contributed by atoms with Crippen LogP contribution in [0.1, 0.15) is 30.9 Å². The minimum absolute atomic E-state index is 0.0266. The Kier molecular flexibility index (Phi) is 4.86. The van der Waals surface area contributed by atoms with Gasteiger partial charge in [-0.05, 0) is 30.7 Å². The first-order valence-corrected chi connectivity index (χ1v) is 9.27. The van der Waals surface area contributed by atoms with E-state index in [9.17, 15) is 4.79 Å². The molecule has 0 aromatic carbocycles. The van der Waals surface area contributed by atoms with Crippen molar-refractivity contribution in [3.8, 4) is 11.4 Å². The van der Waals surface area contributed by atoms with Gasteiger partial charge in [-0.25, -0.2) is 9.78 Å². The predicted octanol–water partition coefficient (Wildman–Crippen LogP) is 2.39. The number of rotatable bonds is 5.